The fourth-order valence-corrected chi connectivity index (χ4v) is 6.43. The number of nitrogens with zero attached hydrogens (tertiary/aromatic N) is 1. The molecule has 5 rings (SSSR count). The summed E-state index contributed by atoms with van der Waals surface area (Å²) in [5.74, 6) is 1.92. The quantitative estimate of drug-likeness (QED) is 0.208. The predicted octanol–water partition coefficient (Wildman–Crippen LogP) is 4.68. The summed E-state index contributed by atoms with van der Waals surface area (Å²) in [6, 6.07) is 13.2. The minimum atomic E-state index is -0.534. The van der Waals surface area contributed by atoms with Crippen molar-refractivity contribution in [1.82, 2.24) is 10.3 Å². The number of aliphatic hydroxyl groups excluding tert-OH is 1. The fourth-order valence-electron chi connectivity index (χ4n) is 6.43. The number of nitrogens with two attached hydrogens (primary N) is 1. The van der Waals surface area contributed by atoms with Crippen molar-refractivity contribution in [3.8, 4) is 28.7 Å². The summed E-state index contributed by atoms with van der Waals surface area (Å²) in [7, 11) is 3.03. The minimum absolute atomic E-state index is 0.0623. The van der Waals surface area contributed by atoms with Gasteiger partial charge in [0.25, 0.3) is 0 Å². The van der Waals surface area contributed by atoms with E-state index in [-0.39, 0.29) is 23.6 Å². The zero-order chi connectivity index (χ0) is 31.2. The molecule has 2 aromatic carbocycles. The maximum atomic E-state index is 11.0. The number of phenols is 2. The Kier molecular flexibility index (Phi) is 10.3. The topological polar surface area (TPSA) is 149 Å². The molecule has 0 spiro atoms. The smallest absolute Gasteiger partial charge is 0.200 e. The molecule has 10 heteroatoms. The van der Waals surface area contributed by atoms with Crippen LogP contribution in [0.5, 0.6) is 28.7 Å². The van der Waals surface area contributed by atoms with Crippen molar-refractivity contribution >= 4 is 5.82 Å². The molecular weight excluding hydrogens is 562 g/mol. The van der Waals surface area contributed by atoms with Crippen LogP contribution in [0.4, 0.5) is 5.82 Å². The summed E-state index contributed by atoms with van der Waals surface area (Å²) >= 11 is 0. The third-order valence-electron chi connectivity index (χ3n) is 8.83. The molecule has 0 saturated carbocycles. The standard InChI is InChI=1S/C34H45N3O7/c1-20-4-7-23(12-22-10-11-36-33(35)14-22)27(37-20)19-43-32-16-24(15-31(42-3)34(32)40)29-18-25(38)17-26(44-29)8-5-21-6-9-28(39)30(13-21)41-2/h6,9-11,13-16,20,23,25-27,29,37-40H,4-5,7-8,12,17-19H2,1-3H3,(H2,35,36). The third kappa shape index (κ3) is 7.85. The lowest BCUT2D eigenvalue weighted by atomic mass is 9.84. The molecule has 1 aromatic heterocycles. The number of aromatic hydroxyl groups is 2. The highest BCUT2D eigenvalue weighted by Crippen LogP contribution is 2.43. The number of piperidine rings is 1. The molecule has 6 atom stereocenters. The summed E-state index contributed by atoms with van der Waals surface area (Å²) in [6.45, 7) is 2.54. The van der Waals surface area contributed by atoms with Gasteiger partial charge < -0.3 is 45.3 Å². The number of phenolic OH excluding ortho intramolecular Hbond substituents is 2. The number of pyridine rings is 1. The molecule has 44 heavy (non-hydrogen) atoms. The predicted molar refractivity (Wildman–Crippen MR) is 167 cm³/mol. The second-order valence-corrected chi connectivity index (χ2v) is 12.1. The average Bonchev–Trinajstić information content (AvgIpc) is 3.01. The zero-order valence-corrected chi connectivity index (χ0v) is 25.7. The van der Waals surface area contributed by atoms with Gasteiger partial charge in [-0.2, -0.15) is 0 Å². The molecule has 0 amide bonds. The summed E-state index contributed by atoms with van der Waals surface area (Å²) in [4.78, 5) is 4.11. The molecule has 3 aromatic rings. The lowest BCUT2D eigenvalue weighted by molar-refractivity contribution is -0.0999. The summed E-state index contributed by atoms with van der Waals surface area (Å²) in [5.41, 5.74) is 8.85. The van der Waals surface area contributed by atoms with E-state index in [1.54, 1.807) is 24.4 Å². The molecule has 6 N–H and O–H groups in total. The lowest BCUT2D eigenvalue weighted by Crippen LogP contribution is -2.50. The van der Waals surface area contributed by atoms with Crippen LogP contribution in [0.1, 0.15) is 61.8 Å². The first kappa shape index (κ1) is 31.7. The van der Waals surface area contributed by atoms with E-state index in [9.17, 15) is 15.3 Å². The van der Waals surface area contributed by atoms with Crippen LogP contribution in [-0.2, 0) is 17.6 Å². The summed E-state index contributed by atoms with van der Waals surface area (Å²) < 4.78 is 23.5. The minimum Gasteiger partial charge on any atom is -0.504 e. The van der Waals surface area contributed by atoms with Crippen LogP contribution in [0.2, 0.25) is 0 Å². The zero-order valence-electron chi connectivity index (χ0n) is 25.7. The summed E-state index contributed by atoms with van der Waals surface area (Å²) in [6.07, 6.45) is 5.95. The molecule has 3 heterocycles. The van der Waals surface area contributed by atoms with Gasteiger partial charge in [0.05, 0.1) is 32.5 Å². The van der Waals surface area contributed by atoms with E-state index < -0.39 is 12.2 Å². The van der Waals surface area contributed by atoms with Crippen LogP contribution in [0.3, 0.4) is 0 Å². The number of aromatic nitrogens is 1. The van der Waals surface area contributed by atoms with Gasteiger partial charge in [0.1, 0.15) is 12.4 Å². The van der Waals surface area contributed by atoms with Crippen LogP contribution in [0, 0.1) is 5.92 Å². The summed E-state index contributed by atoms with van der Waals surface area (Å²) in [5, 5.41) is 35.4. The molecule has 0 bridgehead atoms. The molecule has 0 radical (unpaired) electrons. The third-order valence-corrected chi connectivity index (χ3v) is 8.83. The Morgan fingerprint density at radius 3 is 2.55 bits per heavy atom. The Labute approximate surface area is 259 Å². The number of nitrogen functional groups attached to an aromatic ring is 1. The molecule has 6 unspecified atom stereocenters. The van der Waals surface area contributed by atoms with Gasteiger partial charge in [-0.3, -0.25) is 0 Å². The Morgan fingerprint density at radius 2 is 1.77 bits per heavy atom. The van der Waals surface area contributed by atoms with Crippen molar-refractivity contribution in [3.63, 3.8) is 0 Å². The lowest BCUT2D eigenvalue weighted by Gasteiger charge is -2.36. The highest BCUT2D eigenvalue weighted by Gasteiger charge is 2.32. The second-order valence-electron chi connectivity index (χ2n) is 12.1. The van der Waals surface area contributed by atoms with Gasteiger partial charge in [-0.05, 0) is 104 Å². The highest BCUT2D eigenvalue weighted by molar-refractivity contribution is 5.53. The number of benzene rings is 2. The molecule has 2 fully saturated rings. The monoisotopic (exact) mass is 607 g/mol. The molecule has 238 valence electrons. The number of ether oxygens (including phenoxy) is 4. The van der Waals surface area contributed by atoms with Crippen LogP contribution in [-0.4, -0.2) is 65.4 Å². The van der Waals surface area contributed by atoms with E-state index in [4.69, 9.17) is 24.7 Å². The van der Waals surface area contributed by atoms with Crippen LogP contribution in [0.25, 0.3) is 0 Å². The van der Waals surface area contributed by atoms with Gasteiger partial charge in [0.2, 0.25) is 5.75 Å². The Morgan fingerprint density at radius 1 is 0.977 bits per heavy atom. The van der Waals surface area contributed by atoms with Crippen molar-refractivity contribution in [2.45, 2.75) is 82.3 Å². The number of methoxy groups -OCH3 is 2. The second kappa shape index (κ2) is 14.4. The van der Waals surface area contributed by atoms with Crippen molar-refractivity contribution in [2.24, 2.45) is 5.92 Å². The fraction of sp³-hybridized carbons (Fsp3) is 0.500. The van der Waals surface area contributed by atoms with Gasteiger partial charge in [-0.15, -0.1) is 0 Å². The van der Waals surface area contributed by atoms with Crippen LogP contribution in [0.15, 0.2) is 48.7 Å². The number of aliphatic hydroxyl groups is 1. The Hall–Kier alpha value is -3.73. The maximum absolute atomic E-state index is 11.0. The van der Waals surface area contributed by atoms with Gasteiger partial charge >= 0.3 is 0 Å². The van der Waals surface area contributed by atoms with E-state index in [1.807, 2.05) is 24.3 Å². The van der Waals surface area contributed by atoms with E-state index in [1.165, 1.54) is 14.2 Å². The van der Waals surface area contributed by atoms with E-state index in [0.29, 0.717) is 67.3 Å². The number of hydrogen-bond acceptors (Lipinski definition) is 10. The van der Waals surface area contributed by atoms with Crippen LogP contribution < -0.4 is 25.3 Å². The molecule has 0 aliphatic carbocycles. The van der Waals surface area contributed by atoms with Crippen molar-refractivity contribution in [1.29, 1.82) is 0 Å². The van der Waals surface area contributed by atoms with Gasteiger partial charge in [0.15, 0.2) is 23.0 Å². The highest BCUT2D eigenvalue weighted by atomic mass is 16.5. The van der Waals surface area contributed by atoms with E-state index >= 15 is 0 Å². The number of rotatable bonds is 11. The Bertz CT molecular complexity index is 1400. The van der Waals surface area contributed by atoms with Crippen molar-refractivity contribution in [3.05, 3.63) is 65.4 Å². The maximum Gasteiger partial charge on any atom is 0.200 e. The van der Waals surface area contributed by atoms with Crippen LogP contribution >= 0.6 is 0 Å². The van der Waals surface area contributed by atoms with E-state index in [2.05, 4.69) is 17.2 Å². The van der Waals surface area contributed by atoms with Gasteiger partial charge in [-0.25, -0.2) is 4.98 Å². The van der Waals surface area contributed by atoms with Gasteiger partial charge in [-0.1, -0.05) is 6.07 Å². The normalized spacial score (nSPS) is 25.4. The molecular formula is C34H45N3O7. The average molecular weight is 608 g/mol. The first-order chi connectivity index (χ1) is 21.2. The molecule has 2 aliphatic rings. The number of nitrogens with one attached hydrogen (secondary N) is 1. The number of hydrogen-bond donors (Lipinski definition) is 5. The Balaban J connectivity index is 1.28. The number of anilines is 1. The van der Waals surface area contributed by atoms with Crippen molar-refractivity contribution < 1.29 is 34.3 Å². The van der Waals surface area contributed by atoms with Crippen molar-refractivity contribution in [2.75, 3.05) is 26.6 Å². The first-order valence-electron chi connectivity index (χ1n) is 15.4. The molecule has 2 saturated heterocycles. The van der Waals surface area contributed by atoms with E-state index in [0.717, 1.165) is 36.0 Å². The molecule has 10 nitrogen and oxygen atoms in total. The van der Waals surface area contributed by atoms with Gasteiger partial charge in [0, 0.05) is 24.7 Å². The number of aryl methyl sites for hydroxylation is 1. The largest absolute Gasteiger partial charge is 0.504 e. The molecule has 2 aliphatic heterocycles. The first-order valence-corrected chi connectivity index (χ1v) is 15.4. The SMILES string of the molecule is COc1cc(CCC2CC(O)CC(c3cc(OC)c(O)c(OCC4NC(C)CCC4Cc4ccnc(N)c4)c3)O2)ccc1O.